The maximum Gasteiger partial charge on any atom is 0.254 e. The summed E-state index contributed by atoms with van der Waals surface area (Å²) >= 11 is 0. The van der Waals surface area contributed by atoms with Gasteiger partial charge in [-0.05, 0) is 42.7 Å². The molecule has 0 aliphatic carbocycles. The molecule has 0 radical (unpaired) electrons. The quantitative estimate of drug-likeness (QED) is 0.887. The zero-order valence-electron chi connectivity index (χ0n) is 14.0. The van der Waals surface area contributed by atoms with Crippen molar-refractivity contribution in [2.45, 2.75) is 19.4 Å². The number of fused-ring (bicyclic) bond motifs is 1. The van der Waals surface area contributed by atoms with Crippen molar-refractivity contribution in [1.29, 1.82) is 0 Å². The van der Waals surface area contributed by atoms with Crippen LogP contribution in [0.25, 0.3) is 0 Å². The van der Waals surface area contributed by atoms with Crippen molar-refractivity contribution in [3.63, 3.8) is 0 Å². The fourth-order valence-corrected chi connectivity index (χ4v) is 3.02. The molecule has 5 heteroatoms. The number of pyridine rings is 1. The molecule has 126 valence electrons. The molecule has 2 aromatic rings. The molecule has 1 N–H and O–H groups in total. The summed E-state index contributed by atoms with van der Waals surface area (Å²) in [6, 6.07) is 11.7. The number of aromatic nitrogens is 1. The van der Waals surface area contributed by atoms with E-state index in [9.17, 15) is 4.79 Å². The Balaban J connectivity index is 1.85. The number of methoxy groups -OCH3 is 1. The van der Waals surface area contributed by atoms with Crippen molar-refractivity contribution in [1.82, 2.24) is 9.88 Å². The number of hydrogen-bond donors (Lipinski definition) is 1. The number of ether oxygens (including phenoxy) is 1. The van der Waals surface area contributed by atoms with Crippen LogP contribution in [0.15, 0.2) is 42.6 Å². The van der Waals surface area contributed by atoms with Crippen molar-refractivity contribution in [2.24, 2.45) is 0 Å². The zero-order valence-corrected chi connectivity index (χ0v) is 14.0. The average molecular weight is 325 g/mol. The van der Waals surface area contributed by atoms with E-state index >= 15 is 0 Å². The molecule has 24 heavy (non-hydrogen) atoms. The third-order valence-corrected chi connectivity index (χ3v) is 4.26. The standard InChI is InChI=1S/C19H23N3O2/c1-24-13-12-22(14-15-6-2-3-10-20-15)19(23)17-7-4-9-18-16(17)8-5-11-21-18/h2-4,6-7,9-10,21H,5,8,11-14H2,1H3. The summed E-state index contributed by atoms with van der Waals surface area (Å²) in [5, 5.41) is 3.38. The normalized spacial score (nSPS) is 13.0. The third kappa shape index (κ3) is 3.74. The second-order valence-electron chi connectivity index (χ2n) is 5.90. The van der Waals surface area contributed by atoms with Crippen molar-refractivity contribution in [3.05, 3.63) is 59.4 Å². The predicted octanol–water partition coefficient (Wildman–Crippen LogP) is 2.73. The lowest BCUT2D eigenvalue weighted by Crippen LogP contribution is -2.34. The highest BCUT2D eigenvalue weighted by atomic mass is 16.5. The molecule has 1 aliphatic heterocycles. The van der Waals surface area contributed by atoms with E-state index in [0.29, 0.717) is 19.7 Å². The van der Waals surface area contributed by atoms with Crippen molar-refractivity contribution < 1.29 is 9.53 Å². The Bertz CT molecular complexity index is 688. The van der Waals surface area contributed by atoms with Crippen molar-refractivity contribution in [2.75, 3.05) is 32.1 Å². The molecular formula is C19H23N3O2. The lowest BCUT2D eigenvalue weighted by molar-refractivity contribution is 0.0677. The van der Waals surface area contributed by atoms with Gasteiger partial charge in [-0.15, -0.1) is 0 Å². The number of rotatable bonds is 6. The van der Waals surface area contributed by atoms with Gasteiger partial charge in [0.15, 0.2) is 0 Å². The van der Waals surface area contributed by atoms with E-state index in [0.717, 1.165) is 41.9 Å². The van der Waals surface area contributed by atoms with Crippen LogP contribution in [0, 0.1) is 0 Å². The van der Waals surface area contributed by atoms with Gasteiger partial charge in [0.05, 0.1) is 18.8 Å². The van der Waals surface area contributed by atoms with Gasteiger partial charge in [0.2, 0.25) is 0 Å². The average Bonchev–Trinajstić information content (AvgIpc) is 2.65. The predicted molar refractivity (Wildman–Crippen MR) is 94.1 cm³/mol. The number of benzene rings is 1. The van der Waals surface area contributed by atoms with Gasteiger partial charge in [-0.3, -0.25) is 9.78 Å². The monoisotopic (exact) mass is 325 g/mol. The van der Waals surface area contributed by atoms with Crippen LogP contribution < -0.4 is 5.32 Å². The topological polar surface area (TPSA) is 54.5 Å². The largest absolute Gasteiger partial charge is 0.385 e. The summed E-state index contributed by atoms with van der Waals surface area (Å²) in [6.45, 7) is 2.50. The molecule has 0 fully saturated rings. The number of hydrogen-bond acceptors (Lipinski definition) is 4. The summed E-state index contributed by atoms with van der Waals surface area (Å²) in [6.07, 6.45) is 3.74. The third-order valence-electron chi connectivity index (χ3n) is 4.26. The molecule has 0 spiro atoms. The van der Waals surface area contributed by atoms with Crippen LogP contribution in [-0.4, -0.2) is 42.6 Å². The Morgan fingerprint density at radius 2 is 2.21 bits per heavy atom. The lowest BCUT2D eigenvalue weighted by atomic mass is 9.96. The van der Waals surface area contributed by atoms with Crippen LogP contribution in [0.4, 0.5) is 5.69 Å². The first-order valence-corrected chi connectivity index (χ1v) is 8.33. The van der Waals surface area contributed by atoms with Gasteiger partial charge in [-0.25, -0.2) is 0 Å². The minimum absolute atomic E-state index is 0.0400. The highest BCUT2D eigenvalue weighted by Gasteiger charge is 2.22. The molecule has 0 saturated carbocycles. The molecular weight excluding hydrogens is 302 g/mol. The van der Waals surface area contributed by atoms with Gasteiger partial charge in [0, 0.05) is 37.6 Å². The van der Waals surface area contributed by atoms with Gasteiger partial charge in [-0.2, -0.15) is 0 Å². The number of nitrogens with zero attached hydrogens (tertiary/aromatic N) is 2. The minimum atomic E-state index is 0.0400. The fraction of sp³-hybridized carbons (Fsp3) is 0.368. The lowest BCUT2D eigenvalue weighted by Gasteiger charge is -2.26. The number of carbonyl (C=O) groups is 1. The highest BCUT2D eigenvalue weighted by Crippen LogP contribution is 2.26. The van der Waals surface area contributed by atoms with Gasteiger partial charge in [0.25, 0.3) is 5.91 Å². The molecule has 0 bridgehead atoms. The smallest absolute Gasteiger partial charge is 0.254 e. The number of anilines is 1. The fourth-order valence-electron chi connectivity index (χ4n) is 3.02. The van der Waals surface area contributed by atoms with E-state index in [4.69, 9.17) is 4.74 Å². The molecule has 0 atom stereocenters. The van der Waals surface area contributed by atoms with E-state index in [1.165, 1.54) is 0 Å². The Kier molecular flexibility index (Phi) is 5.43. The molecule has 1 aromatic heterocycles. The molecule has 1 amide bonds. The van der Waals surface area contributed by atoms with E-state index in [1.54, 1.807) is 13.3 Å². The molecule has 3 rings (SSSR count). The van der Waals surface area contributed by atoms with Gasteiger partial charge in [0.1, 0.15) is 0 Å². The molecule has 1 aromatic carbocycles. The number of amides is 1. The van der Waals surface area contributed by atoms with Gasteiger partial charge >= 0.3 is 0 Å². The first-order chi connectivity index (χ1) is 11.8. The molecule has 0 saturated heterocycles. The number of carbonyl (C=O) groups excluding carboxylic acids is 1. The van der Waals surface area contributed by atoms with Crippen LogP contribution in [0.1, 0.15) is 28.0 Å². The first-order valence-electron chi connectivity index (χ1n) is 8.33. The van der Waals surface area contributed by atoms with E-state index in [1.807, 2.05) is 41.3 Å². The molecule has 1 aliphatic rings. The number of nitrogens with one attached hydrogen (secondary N) is 1. The molecule has 5 nitrogen and oxygen atoms in total. The SMILES string of the molecule is COCCN(Cc1ccccn1)C(=O)c1cccc2c1CCCN2. The van der Waals surface area contributed by atoms with Gasteiger partial charge in [-0.1, -0.05) is 12.1 Å². The summed E-state index contributed by atoms with van der Waals surface area (Å²) in [5.74, 6) is 0.0400. The van der Waals surface area contributed by atoms with Crippen LogP contribution in [0.5, 0.6) is 0 Å². The van der Waals surface area contributed by atoms with Crippen LogP contribution in [0.3, 0.4) is 0 Å². The van der Waals surface area contributed by atoms with Crippen LogP contribution in [-0.2, 0) is 17.7 Å². The Morgan fingerprint density at radius 1 is 1.29 bits per heavy atom. The minimum Gasteiger partial charge on any atom is -0.385 e. The summed E-state index contributed by atoms with van der Waals surface area (Å²) in [5.41, 5.74) is 3.87. The van der Waals surface area contributed by atoms with Crippen molar-refractivity contribution in [3.8, 4) is 0 Å². The Morgan fingerprint density at radius 3 is 3.00 bits per heavy atom. The Hall–Kier alpha value is -2.40. The summed E-state index contributed by atoms with van der Waals surface area (Å²) in [7, 11) is 1.65. The second-order valence-corrected chi connectivity index (χ2v) is 5.90. The Labute approximate surface area is 142 Å². The van der Waals surface area contributed by atoms with Crippen LogP contribution >= 0.6 is 0 Å². The summed E-state index contributed by atoms with van der Waals surface area (Å²) in [4.78, 5) is 19.3. The maximum absolute atomic E-state index is 13.1. The van der Waals surface area contributed by atoms with E-state index in [-0.39, 0.29) is 5.91 Å². The maximum atomic E-state index is 13.1. The second kappa shape index (κ2) is 7.93. The highest BCUT2D eigenvalue weighted by molar-refractivity contribution is 5.97. The molecule has 2 heterocycles. The van der Waals surface area contributed by atoms with Crippen molar-refractivity contribution >= 4 is 11.6 Å². The first kappa shape index (κ1) is 16.5. The summed E-state index contributed by atoms with van der Waals surface area (Å²) < 4.78 is 5.18. The van der Waals surface area contributed by atoms with Crippen LogP contribution in [0.2, 0.25) is 0 Å². The zero-order chi connectivity index (χ0) is 16.8. The molecule has 0 unspecified atom stereocenters. The van der Waals surface area contributed by atoms with E-state index in [2.05, 4.69) is 10.3 Å². The van der Waals surface area contributed by atoms with E-state index < -0.39 is 0 Å². The van der Waals surface area contributed by atoms with Gasteiger partial charge < -0.3 is 15.0 Å².